The van der Waals surface area contributed by atoms with Crippen LogP contribution in [0.2, 0.25) is 5.02 Å². The van der Waals surface area contributed by atoms with Crippen molar-refractivity contribution in [2.75, 3.05) is 0 Å². The van der Waals surface area contributed by atoms with Gasteiger partial charge in [-0.1, -0.05) is 29.8 Å². The summed E-state index contributed by atoms with van der Waals surface area (Å²) in [6.07, 6.45) is 1.15. The maximum Gasteiger partial charge on any atom is 0.304 e. The number of benzene rings is 2. The van der Waals surface area contributed by atoms with Crippen molar-refractivity contribution in [2.45, 2.75) is 18.9 Å². The van der Waals surface area contributed by atoms with E-state index >= 15 is 0 Å². The molecule has 1 atom stereocenters. The van der Waals surface area contributed by atoms with Crippen LogP contribution in [0.25, 0.3) is 11.1 Å². The van der Waals surface area contributed by atoms with Crippen molar-refractivity contribution in [1.29, 1.82) is 0 Å². The highest BCUT2D eigenvalue weighted by Gasteiger charge is 2.16. The van der Waals surface area contributed by atoms with E-state index in [1.54, 1.807) is 30.3 Å². The number of halogens is 3. The fraction of sp³-hybridized carbons (Fsp3) is 0.143. The number of hydrogen-bond acceptors (Lipinski definition) is 4. The van der Waals surface area contributed by atoms with Crippen LogP contribution < -0.4 is 10.5 Å². The van der Waals surface area contributed by atoms with E-state index in [1.165, 1.54) is 18.3 Å². The van der Waals surface area contributed by atoms with Gasteiger partial charge in [0, 0.05) is 12.2 Å². The van der Waals surface area contributed by atoms with Crippen LogP contribution in [0.3, 0.4) is 0 Å². The number of aliphatic carboxylic acids is 1. The highest BCUT2D eigenvalue weighted by atomic mass is 35.5. The molecule has 0 bridgehead atoms. The minimum absolute atomic E-state index is 0.125. The first kappa shape index (κ1) is 20.7. The molecule has 0 saturated carbocycles. The molecule has 3 aromatic rings. The molecule has 8 heteroatoms. The summed E-state index contributed by atoms with van der Waals surface area (Å²) in [5, 5.41) is 9.09. The summed E-state index contributed by atoms with van der Waals surface area (Å²) in [6.45, 7) is 0. The second kappa shape index (κ2) is 8.98. The smallest absolute Gasteiger partial charge is 0.304 e. The van der Waals surface area contributed by atoms with Gasteiger partial charge < -0.3 is 15.6 Å². The molecule has 0 spiro atoms. The molecule has 1 heterocycles. The molecule has 0 aliphatic heterocycles. The summed E-state index contributed by atoms with van der Waals surface area (Å²) in [6, 6.07) is 11.4. The van der Waals surface area contributed by atoms with Gasteiger partial charge in [0.2, 0.25) is 0 Å². The first-order valence-corrected chi connectivity index (χ1v) is 9.05. The molecule has 2 aromatic carbocycles. The quantitative estimate of drug-likeness (QED) is 0.574. The van der Waals surface area contributed by atoms with E-state index in [0.717, 1.165) is 6.07 Å². The molecular formula is C21H17ClF2N2O3. The second-order valence-corrected chi connectivity index (χ2v) is 6.87. The van der Waals surface area contributed by atoms with E-state index in [0.29, 0.717) is 16.7 Å². The summed E-state index contributed by atoms with van der Waals surface area (Å²) >= 11 is 5.71. The van der Waals surface area contributed by atoms with Crippen molar-refractivity contribution < 1.29 is 23.4 Å². The topological polar surface area (TPSA) is 85.4 Å². The van der Waals surface area contributed by atoms with Crippen molar-refractivity contribution >= 4 is 17.6 Å². The minimum atomic E-state index is -1.04. The molecule has 0 saturated heterocycles. The van der Waals surface area contributed by atoms with Gasteiger partial charge in [0.15, 0.2) is 5.82 Å². The SMILES string of the molecule is NC(CC(=O)O)Cc1cc(-c2cccc(F)c2)ccc1Oc1ncc(Cl)cc1F. The van der Waals surface area contributed by atoms with Crippen molar-refractivity contribution in [2.24, 2.45) is 5.73 Å². The van der Waals surface area contributed by atoms with E-state index in [4.69, 9.17) is 27.2 Å². The molecule has 3 rings (SSSR count). The maximum absolute atomic E-state index is 14.1. The minimum Gasteiger partial charge on any atom is -0.481 e. The molecule has 0 aliphatic rings. The number of rotatable bonds is 7. The number of nitrogens with zero attached hydrogens (tertiary/aromatic N) is 1. The Morgan fingerprint density at radius 1 is 1.17 bits per heavy atom. The van der Waals surface area contributed by atoms with Gasteiger partial charge in [0.1, 0.15) is 11.6 Å². The molecule has 0 radical (unpaired) electrons. The summed E-state index contributed by atoms with van der Waals surface area (Å²) in [5.41, 5.74) is 7.77. The highest BCUT2D eigenvalue weighted by molar-refractivity contribution is 6.30. The average molecular weight is 419 g/mol. The Bertz CT molecular complexity index is 1050. The molecule has 1 aromatic heterocycles. The predicted molar refractivity (Wildman–Crippen MR) is 105 cm³/mol. The molecule has 150 valence electrons. The zero-order valence-electron chi connectivity index (χ0n) is 15.1. The number of pyridine rings is 1. The third kappa shape index (κ3) is 5.49. The summed E-state index contributed by atoms with van der Waals surface area (Å²) in [4.78, 5) is 14.8. The second-order valence-electron chi connectivity index (χ2n) is 6.44. The van der Waals surface area contributed by atoms with E-state index in [2.05, 4.69) is 4.98 Å². The molecule has 0 amide bonds. The zero-order chi connectivity index (χ0) is 21.0. The standard InChI is InChI=1S/C21H17ClF2N2O3/c22-15-9-18(24)21(26-11-15)29-19-5-4-13(12-2-1-3-16(23)7-12)6-14(19)8-17(25)10-20(27)28/h1-7,9,11,17H,8,10,25H2,(H,27,28). The van der Waals surface area contributed by atoms with Gasteiger partial charge in [-0.05, 0) is 53.4 Å². The van der Waals surface area contributed by atoms with E-state index < -0.39 is 17.8 Å². The zero-order valence-corrected chi connectivity index (χ0v) is 15.9. The Morgan fingerprint density at radius 2 is 1.93 bits per heavy atom. The average Bonchev–Trinajstić information content (AvgIpc) is 2.64. The van der Waals surface area contributed by atoms with Gasteiger partial charge in [0.25, 0.3) is 5.88 Å². The largest absolute Gasteiger partial charge is 0.481 e. The number of nitrogens with two attached hydrogens (primary N) is 1. The third-order valence-electron chi connectivity index (χ3n) is 4.12. The Morgan fingerprint density at radius 3 is 2.62 bits per heavy atom. The van der Waals surface area contributed by atoms with Crippen LogP contribution in [-0.2, 0) is 11.2 Å². The van der Waals surface area contributed by atoms with E-state index in [9.17, 15) is 13.6 Å². The molecular weight excluding hydrogens is 402 g/mol. The van der Waals surface area contributed by atoms with Crippen molar-refractivity contribution in [3.8, 4) is 22.8 Å². The van der Waals surface area contributed by atoms with E-state index in [1.807, 2.05) is 0 Å². The van der Waals surface area contributed by atoms with Gasteiger partial charge >= 0.3 is 5.97 Å². The fourth-order valence-corrected chi connectivity index (χ4v) is 2.99. The number of carbonyl (C=O) groups is 1. The number of carboxylic acids is 1. The Hall–Kier alpha value is -3.03. The van der Waals surface area contributed by atoms with Crippen molar-refractivity contribution in [1.82, 2.24) is 4.98 Å². The lowest BCUT2D eigenvalue weighted by Gasteiger charge is -2.16. The Kier molecular flexibility index (Phi) is 6.41. The summed E-state index contributed by atoms with van der Waals surface area (Å²) < 4.78 is 33.2. The maximum atomic E-state index is 14.1. The number of aromatic nitrogens is 1. The summed E-state index contributed by atoms with van der Waals surface area (Å²) in [5.74, 6) is -2.18. The van der Waals surface area contributed by atoms with Crippen LogP contribution in [0.1, 0.15) is 12.0 Å². The van der Waals surface area contributed by atoms with Gasteiger partial charge in [-0.25, -0.2) is 13.8 Å². The number of hydrogen-bond donors (Lipinski definition) is 2. The van der Waals surface area contributed by atoms with Gasteiger partial charge in [0.05, 0.1) is 11.4 Å². The molecule has 0 fully saturated rings. The fourth-order valence-electron chi connectivity index (χ4n) is 2.85. The van der Waals surface area contributed by atoms with Crippen LogP contribution in [0.5, 0.6) is 11.6 Å². The van der Waals surface area contributed by atoms with Crippen molar-refractivity contribution in [3.05, 3.63) is 76.9 Å². The first-order chi connectivity index (χ1) is 13.8. The van der Waals surface area contributed by atoms with Crippen LogP contribution in [0.4, 0.5) is 8.78 Å². The lowest BCUT2D eigenvalue weighted by molar-refractivity contribution is -0.137. The predicted octanol–water partition coefficient (Wildman–Crippen LogP) is 4.82. The van der Waals surface area contributed by atoms with Crippen LogP contribution >= 0.6 is 11.6 Å². The van der Waals surface area contributed by atoms with E-state index in [-0.39, 0.29) is 35.3 Å². The number of ether oxygens (including phenoxy) is 1. The van der Waals surface area contributed by atoms with Crippen LogP contribution in [-0.4, -0.2) is 22.1 Å². The van der Waals surface area contributed by atoms with Gasteiger partial charge in [-0.2, -0.15) is 0 Å². The monoisotopic (exact) mass is 418 g/mol. The van der Waals surface area contributed by atoms with Gasteiger partial charge in [-0.15, -0.1) is 0 Å². The third-order valence-corrected chi connectivity index (χ3v) is 4.32. The molecule has 0 aliphatic carbocycles. The lowest BCUT2D eigenvalue weighted by Crippen LogP contribution is -2.26. The molecule has 1 unspecified atom stereocenters. The van der Waals surface area contributed by atoms with Crippen LogP contribution in [0, 0.1) is 11.6 Å². The van der Waals surface area contributed by atoms with Crippen LogP contribution in [0.15, 0.2) is 54.7 Å². The van der Waals surface area contributed by atoms with Crippen molar-refractivity contribution in [3.63, 3.8) is 0 Å². The normalized spacial score (nSPS) is 11.9. The molecule has 5 nitrogen and oxygen atoms in total. The first-order valence-electron chi connectivity index (χ1n) is 8.67. The number of carboxylic acid groups (broad SMARTS) is 1. The Balaban J connectivity index is 1.98. The highest BCUT2D eigenvalue weighted by Crippen LogP contribution is 2.32. The lowest BCUT2D eigenvalue weighted by atomic mass is 9.97. The molecule has 29 heavy (non-hydrogen) atoms. The summed E-state index contributed by atoms with van der Waals surface area (Å²) in [7, 11) is 0. The molecule has 3 N–H and O–H groups in total. The Labute approximate surface area is 170 Å². The van der Waals surface area contributed by atoms with Gasteiger partial charge in [-0.3, -0.25) is 4.79 Å².